The summed E-state index contributed by atoms with van der Waals surface area (Å²) in [7, 11) is 3.10. The summed E-state index contributed by atoms with van der Waals surface area (Å²) in [6.45, 7) is 3.08. The highest BCUT2D eigenvalue weighted by molar-refractivity contribution is 5.96. The van der Waals surface area contributed by atoms with Crippen LogP contribution in [-0.4, -0.2) is 50.1 Å². The van der Waals surface area contributed by atoms with Crippen LogP contribution in [0.1, 0.15) is 65.6 Å². The second-order valence-electron chi connectivity index (χ2n) is 10.9. The fraction of sp³-hybridized carbons (Fsp3) is 0.517. The van der Waals surface area contributed by atoms with Gasteiger partial charge in [-0.2, -0.15) is 13.2 Å². The minimum atomic E-state index is -4.40. The van der Waals surface area contributed by atoms with E-state index in [9.17, 15) is 22.8 Å². The smallest absolute Gasteiger partial charge is 0.416 e. The molecule has 1 atom stereocenters. The second kappa shape index (κ2) is 9.50. The Morgan fingerprint density at radius 1 is 0.947 bits per heavy atom. The van der Waals surface area contributed by atoms with Crippen LogP contribution >= 0.6 is 0 Å². The number of alkyl halides is 3. The van der Waals surface area contributed by atoms with Gasteiger partial charge in [0.2, 0.25) is 5.91 Å². The molecule has 3 aliphatic rings. The first kappa shape index (κ1) is 26.4. The summed E-state index contributed by atoms with van der Waals surface area (Å²) >= 11 is 0. The molecule has 2 aromatic carbocycles. The zero-order valence-electron chi connectivity index (χ0n) is 21.9. The zero-order chi connectivity index (χ0) is 27.3. The number of rotatable bonds is 6. The molecular weight excluding hydrogens is 497 g/mol. The van der Waals surface area contributed by atoms with Crippen LogP contribution < -0.4 is 14.8 Å². The fourth-order valence-corrected chi connectivity index (χ4v) is 6.10. The van der Waals surface area contributed by atoms with Crippen molar-refractivity contribution in [2.45, 2.75) is 63.1 Å². The van der Waals surface area contributed by atoms with Gasteiger partial charge >= 0.3 is 6.18 Å². The van der Waals surface area contributed by atoms with Crippen molar-refractivity contribution >= 4 is 11.8 Å². The Kier molecular flexibility index (Phi) is 6.60. The molecule has 38 heavy (non-hydrogen) atoms. The lowest BCUT2D eigenvalue weighted by molar-refractivity contribution is -0.137. The first-order chi connectivity index (χ1) is 18.0. The van der Waals surface area contributed by atoms with Gasteiger partial charge in [0, 0.05) is 24.7 Å². The lowest BCUT2D eigenvalue weighted by Crippen LogP contribution is -2.60. The minimum absolute atomic E-state index is 0.0157. The zero-order valence-corrected chi connectivity index (χ0v) is 21.9. The summed E-state index contributed by atoms with van der Waals surface area (Å²) in [4.78, 5) is 28.5. The maximum absolute atomic E-state index is 13.3. The first-order valence-electron chi connectivity index (χ1n) is 13.0. The number of hydrogen-bond donors (Lipinski definition) is 1. The van der Waals surface area contributed by atoms with E-state index in [0.29, 0.717) is 48.6 Å². The molecule has 1 N–H and O–H groups in total. The highest BCUT2D eigenvalue weighted by Crippen LogP contribution is 2.52. The number of nitrogens with zero attached hydrogens (tertiary/aromatic N) is 1. The molecule has 5 rings (SSSR count). The van der Waals surface area contributed by atoms with Crippen molar-refractivity contribution in [2.75, 3.05) is 27.3 Å². The van der Waals surface area contributed by atoms with Gasteiger partial charge < -0.3 is 19.7 Å². The van der Waals surface area contributed by atoms with E-state index in [0.717, 1.165) is 43.4 Å². The van der Waals surface area contributed by atoms with E-state index in [-0.39, 0.29) is 23.3 Å². The fourth-order valence-electron chi connectivity index (χ4n) is 6.10. The number of methoxy groups -OCH3 is 2. The molecule has 2 saturated carbocycles. The second-order valence-corrected chi connectivity index (χ2v) is 10.9. The van der Waals surface area contributed by atoms with Crippen LogP contribution in [-0.2, 0) is 16.4 Å². The number of ether oxygens (including phenoxy) is 2. The maximum atomic E-state index is 13.3. The van der Waals surface area contributed by atoms with Crippen molar-refractivity contribution in [1.29, 1.82) is 0 Å². The monoisotopic (exact) mass is 530 g/mol. The number of piperidine rings is 1. The summed E-state index contributed by atoms with van der Waals surface area (Å²) in [5.74, 6) is 0.953. The quantitative estimate of drug-likeness (QED) is 0.553. The van der Waals surface area contributed by atoms with E-state index in [1.54, 1.807) is 26.4 Å². The normalized spacial score (nSPS) is 21.4. The van der Waals surface area contributed by atoms with E-state index in [1.807, 2.05) is 11.8 Å². The SMILES string of the molecule is COc1cc(C)c(C(=O)N2CCC3(CCC3NC(=O)C3(c4ccc(C(F)(F)F)cc4)CC3)CC2)cc1OC. The molecule has 6 nitrogen and oxygen atoms in total. The molecule has 1 aliphatic heterocycles. The van der Waals surface area contributed by atoms with Crippen LogP contribution in [0.5, 0.6) is 11.5 Å². The molecule has 0 aromatic heterocycles. The van der Waals surface area contributed by atoms with Crippen LogP contribution in [0.2, 0.25) is 0 Å². The lowest BCUT2D eigenvalue weighted by atomic mass is 9.59. The minimum Gasteiger partial charge on any atom is -0.493 e. The number of hydrogen-bond acceptors (Lipinski definition) is 4. The van der Waals surface area contributed by atoms with E-state index in [1.165, 1.54) is 12.1 Å². The van der Waals surface area contributed by atoms with Gasteiger partial charge in [0.1, 0.15) is 0 Å². The number of benzene rings is 2. The molecule has 2 aliphatic carbocycles. The Balaban J connectivity index is 1.22. The number of nitrogens with one attached hydrogen (secondary N) is 1. The maximum Gasteiger partial charge on any atom is 0.416 e. The molecule has 0 radical (unpaired) electrons. The molecular formula is C29H33F3N2O4. The lowest BCUT2D eigenvalue weighted by Gasteiger charge is -2.54. The average molecular weight is 531 g/mol. The van der Waals surface area contributed by atoms with Crippen molar-refractivity contribution in [2.24, 2.45) is 5.41 Å². The third-order valence-corrected chi connectivity index (χ3v) is 8.93. The third kappa shape index (κ3) is 4.50. The Bertz CT molecular complexity index is 1230. The van der Waals surface area contributed by atoms with Crippen LogP contribution in [0.3, 0.4) is 0 Å². The Morgan fingerprint density at radius 3 is 2.05 bits per heavy atom. The molecule has 9 heteroatoms. The van der Waals surface area contributed by atoms with Gasteiger partial charge in [0.15, 0.2) is 11.5 Å². The molecule has 1 unspecified atom stereocenters. The van der Waals surface area contributed by atoms with Crippen molar-refractivity contribution in [1.82, 2.24) is 10.2 Å². The Labute approximate surface area is 220 Å². The summed E-state index contributed by atoms with van der Waals surface area (Å²) in [6, 6.07) is 8.53. The Hall–Kier alpha value is -3.23. The predicted molar refractivity (Wildman–Crippen MR) is 135 cm³/mol. The van der Waals surface area contributed by atoms with Crippen LogP contribution in [0.4, 0.5) is 13.2 Å². The van der Waals surface area contributed by atoms with Crippen LogP contribution in [0, 0.1) is 12.3 Å². The van der Waals surface area contributed by atoms with Crippen LogP contribution in [0.25, 0.3) is 0 Å². The summed E-state index contributed by atoms with van der Waals surface area (Å²) in [5.41, 5.74) is 0.559. The summed E-state index contributed by atoms with van der Waals surface area (Å²) in [5, 5.41) is 3.24. The molecule has 1 spiro atoms. The van der Waals surface area contributed by atoms with E-state index in [4.69, 9.17) is 9.47 Å². The molecule has 204 valence electrons. The number of likely N-dealkylation sites (tertiary alicyclic amines) is 1. The van der Waals surface area contributed by atoms with Gasteiger partial charge in [-0.05, 0) is 86.3 Å². The number of amides is 2. The molecule has 3 fully saturated rings. The number of carbonyl (C=O) groups excluding carboxylic acids is 2. The molecule has 1 saturated heterocycles. The van der Waals surface area contributed by atoms with E-state index < -0.39 is 17.2 Å². The Morgan fingerprint density at radius 2 is 1.55 bits per heavy atom. The number of halogens is 3. The largest absolute Gasteiger partial charge is 0.493 e. The molecule has 2 amide bonds. The van der Waals surface area contributed by atoms with Crippen molar-refractivity contribution in [3.05, 3.63) is 58.7 Å². The van der Waals surface area contributed by atoms with E-state index in [2.05, 4.69) is 5.32 Å². The number of carbonyl (C=O) groups is 2. The van der Waals surface area contributed by atoms with Gasteiger partial charge in [0.25, 0.3) is 5.91 Å². The standard InChI is InChI=1S/C29H33F3N2O4/c1-18-16-22(37-2)23(38-3)17-21(18)25(35)34-14-12-27(13-15-34)9-8-24(27)33-26(36)28(10-11-28)19-4-6-20(7-5-19)29(30,31)32/h4-7,16-17,24H,8-15H2,1-3H3,(H,33,36). The van der Waals surface area contributed by atoms with Crippen molar-refractivity contribution in [3.8, 4) is 11.5 Å². The highest BCUT2D eigenvalue weighted by Gasteiger charge is 2.55. The highest BCUT2D eigenvalue weighted by atomic mass is 19.4. The van der Waals surface area contributed by atoms with Gasteiger partial charge in [-0.15, -0.1) is 0 Å². The first-order valence-corrected chi connectivity index (χ1v) is 13.0. The third-order valence-electron chi connectivity index (χ3n) is 8.93. The van der Waals surface area contributed by atoms with Gasteiger partial charge in [-0.1, -0.05) is 12.1 Å². The van der Waals surface area contributed by atoms with E-state index >= 15 is 0 Å². The van der Waals surface area contributed by atoms with Crippen molar-refractivity contribution < 1.29 is 32.2 Å². The number of aryl methyl sites for hydroxylation is 1. The van der Waals surface area contributed by atoms with Gasteiger partial charge in [-0.25, -0.2) is 0 Å². The summed E-state index contributed by atoms with van der Waals surface area (Å²) in [6.07, 6.45) is 0.324. The van der Waals surface area contributed by atoms with Gasteiger partial charge in [0.05, 0.1) is 25.2 Å². The topological polar surface area (TPSA) is 67.9 Å². The van der Waals surface area contributed by atoms with Crippen molar-refractivity contribution in [3.63, 3.8) is 0 Å². The van der Waals surface area contributed by atoms with Gasteiger partial charge in [-0.3, -0.25) is 9.59 Å². The average Bonchev–Trinajstić information content (AvgIpc) is 3.72. The summed E-state index contributed by atoms with van der Waals surface area (Å²) < 4.78 is 49.6. The molecule has 2 aromatic rings. The predicted octanol–water partition coefficient (Wildman–Crippen LogP) is 5.26. The molecule has 1 heterocycles. The van der Waals surface area contributed by atoms with Crippen LogP contribution in [0.15, 0.2) is 36.4 Å². The molecule has 0 bridgehead atoms.